The number of halogens is 1. The van der Waals surface area contributed by atoms with Crippen molar-refractivity contribution in [3.05, 3.63) is 40.9 Å². The maximum atomic E-state index is 11.9. The first-order chi connectivity index (χ1) is 8.70. The summed E-state index contributed by atoms with van der Waals surface area (Å²) in [6.07, 6.45) is 4.40. The molecule has 0 spiro atoms. The Morgan fingerprint density at radius 2 is 2.28 bits per heavy atom. The van der Waals surface area contributed by atoms with Crippen LogP contribution in [0.15, 0.2) is 30.3 Å². The van der Waals surface area contributed by atoms with Crippen molar-refractivity contribution in [1.29, 1.82) is 0 Å². The Bertz CT molecular complexity index is 459. The molecular formula is C14H16ClNO2. The molecule has 4 heteroatoms. The second-order valence-corrected chi connectivity index (χ2v) is 4.69. The lowest BCUT2D eigenvalue weighted by atomic mass is 10.2. The molecule has 0 saturated carbocycles. The van der Waals surface area contributed by atoms with Gasteiger partial charge in [-0.05, 0) is 24.1 Å². The number of hydrogen-bond acceptors (Lipinski definition) is 2. The number of carbonyl (C=O) groups excluding carboxylic acids is 1. The lowest BCUT2D eigenvalue weighted by Gasteiger charge is -2.13. The van der Waals surface area contributed by atoms with Crippen molar-refractivity contribution >= 4 is 23.6 Å². The van der Waals surface area contributed by atoms with Gasteiger partial charge in [-0.1, -0.05) is 29.8 Å². The molecule has 1 fully saturated rings. The van der Waals surface area contributed by atoms with E-state index in [0.29, 0.717) is 11.6 Å². The Morgan fingerprint density at radius 3 is 2.94 bits per heavy atom. The first kappa shape index (κ1) is 13.1. The van der Waals surface area contributed by atoms with Crippen LogP contribution in [0.2, 0.25) is 5.02 Å². The molecule has 1 aliphatic heterocycles. The molecule has 1 amide bonds. The summed E-state index contributed by atoms with van der Waals surface area (Å²) in [5.41, 5.74) is 0.856. The van der Waals surface area contributed by atoms with Crippen LogP contribution < -0.4 is 0 Å². The minimum Gasteiger partial charge on any atom is -0.380 e. The Balaban J connectivity index is 1.98. The highest BCUT2D eigenvalue weighted by molar-refractivity contribution is 6.32. The van der Waals surface area contributed by atoms with Crippen LogP contribution in [0.25, 0.3) is 6.08 Å². The molecule has 0 bridgehead atoms. The third kappa shape index (κ3) is 3.12. The van der Waals surface area contributed by atoms with Gasteiger partial charge in [-0.3, -0.25) is 4.79 Å². The normalized spacial score (nSPS) is 19.7. The van der Waals surface area contributed by atoms with E-state index in [1.165, 1.54) is 0 Å². The highest BCUT2D eigenvalue weighted by Crippen LogP contribution is 2.17. The lowest BCUT2D eigenvalue weighted by Crippen LogP contribution is -2.28. The molecule has 0 radical (unpaired) electrons. The van der Waals surface area contributed by atoms with E-state index in [9.17, 15) is 4.79 Å². The van der Waals surface area contributed by atoms with E-state index in [0.717, 1.165) is 18.5 Å². The van der Waals surface area contributed by atoms with Crippen molar-refractivity contribution in [2.75, 3.05) is 20.2 Å². The summed E-state index contributed by atoms with van der Waals surface area (Å²) in [4.78, 5) is 13.7. The third-order valence-electron chi connectivity index (χ3n) is 3.10. The number of nitrogens with zero attached hydrogens (tertiary/aromatic N) is 1. The van der Waals surface area contributed by atoms with E-state index in [-0.39, 0.29) is 12.0 Å². The zero-order valence-electron chi connectivity index (χ0n) is 10.3. The molecule has 0 aromatic heterocycles. The van der Waals surface area contributed by atoms with E-state index in [2.05, 4.69) is 0 Å². The summed E-state index contributed by atoms with van der Waals surface area (Å²) in [6, 6.07) is 7.45. The van der Waals surface area contributed by atoms with Crippen LogP contribution in [0.3, 0.4) is 0 Å². The first-order valence-corrected chi connectivity index (χ1v) is 6.33. The van der Waals surface area contributed by atoms with Crippen molar-refractivity contribution in [3.63, 3.8) is 0 Å². The number of benzene rings is 1. The molecule has 1 aromatic carbocycles. The maximum Gasteiger partial charge on any atom is 0.246 e. The fourth-order valence-corrected chi connectivity index (χ4v) is 2.20. The van der Waals surface area contributed by atoms with Crippen LogP contribution in [-0.2, 0) is 9.53 Å². The van der Waals surface area contributed by atoms with Crippen molar-refractivity contribution in [3.8, 4) is 0 Å². The molecule has 0 aliphatic carbocycles. The molecule has 1 saturated heterocycles. The van der Waals surface area contributed by atoms with Crippen LogP contribution in [0.1, 0.15) is 12.0 Å². The molecule has 3 nitrogen and oxygen atoms in total. The molecule has 1 aromatic rings. The van der Waals surface area contributed by atoms with Gasteiger partial charge in [-0.15, -0.1) is 0 Å². The van der Waals surface area contributed by atoms with Gasteiger partial charge in [-0.2, -0.15) is 0 Å². The lowest BCUT2D eigenvalue weighted by molar-refractivity contribution is -0.125. The van der Waals surface area contributed by atoms with E-state index in [4.69, 9.17) is 16.3 Å². The van der Waals surface area contributed by atoms with E-state index in [1.807, 2.05) is 24.3 Å². The predicted octanol–water partition coefficient (Wildman–Crippen LogP) is 2.60. The van der Waals surface area contributed by atoms with Gasteiger partial charge in [0.15, 0.2) is 0 Å². The number of ether oxygens (including phenoxy) is 1. The Labute approximate surface area is 112 Å². The smallest absolute Gasteiger partial charge is 0.246 e. The van der Waals surface area contributed by atoms with Gasteiger partial charge in [0.2, 0.25) is 5.91 Å². The maximum absolute atomic E-state index is 11.9. The molecule has 1 atom stereocenters. The van der Waals surface area contributed by atoms with Crippen LogP contribution >= 0.6 is 11.6 Å². The number of methoxy groups -OCH3 is 1. The minimum atomic E-state index is 0.00877. The second kappa shape index (κ2) is 6.03. The third-order valence-corrected chi connectivity index (χ3v) is 3.44. The standard InChI is InChI=1S/C14H16ClNO2/c1-18-12-8-9-16(10-12)14(17)7-6-11-4-2-3-5-13(11)15/h2-7,12H,8-10H2,1H3/b7-6+. The Hall–Kier alpha value is -1.32. The number of rotatable bonds is 3. The van der Waals surface area contributed by atoms with Crippen LogP contribution in [0.4, 0.5) is 0 Å². The highest BCUT2D eigenvalue weighted by atomic mass is 35.5. The number of amides is 1. The quantitative estimate of drug-likeness (QED) is 0.787. The highest BCUT2D eigenvalue weighted by Gasteiger charge is 2.24. The summed E-state index contributed by atoms with van der Waals surface area (Å²) in [6.45, 7) is 1.42. The molecule has 1 heterocycles. The number of hydrogen-bond donors (Lipinski definition) is 0. The summed E-state index contributed by atoms with van der Waals surface area (Å²) >= 11 is 6.02. The molecular weight excluding hydrogens is 250 g/mol. The van der Waals surface area contributed by atoms with Crippen LogP contribution in [-0.4, -0.2) is 37.1 Å². The zero-order chi connectivity index (χ0) is 13.0. The molecule has 1 aliphatic rings. The van der Waals surface area contributed by atoms with E-state index in [1.54, 1.807) is 24.2 Å². The predicted molar refractivity (Wildman–Crippen MR) is 72.5 cm³/mol. The van der Waals surface area contributed by atoms with Crippen molar-refractivity contribution in [2.45, 2.75) is 12.5 Å². The zero-order valence-corrected chi connectivity index (χ0v) is 11.1. The largest absolute Gasteiger partial charge is 0.380 e. The van der Waals surface area contributed by atoms with Crippen molar-refractivity contribution in [1.82, 2.24) is 4.90 Å². The van der Waals surface area contributed by atoms with E-state index >= 15 is 0 Å². The average Bonchev–Trinajstić information content (AvgIpc) is 2.86. The average molecular weight is 266 g/mol. The number of likely N-dealkylation sites (tertiary alicyclic amines) is 1. The van der Waals surface area contributed by atoms with Gasteiger partial charge >= 0.3 is 0 Å². The van der Waals surface area contributed by atoms with Gasteiger partial charge in [0.25, 0.3) is 0 Å². The molecule has 1 unspecified atom stereocenters. The van der Waals surface area contributed by atoms with Gasteiger partial charge in [0, 0.05) is 31.3 Å². The minimum absolute atomic E-state index is 0.00877. The SMILES string of the molecule is COC1CCN(C(=O)/C=C/c2ccccc2Cl)C1. The van der Waals surface area contributed by atoms with Crippen LogP contribution in [0.5, 0.6) is 0 Å². The first-order valence-electron chi connectivity index (χ1n) is 5.95. The Kier molecular flexibility index (Phi) is 4.39. The van der Waals surface area contributed by atoms with E-state index < -0.39 is 0 Å². The monoisotopic (exact) mass is 265 g/mol. The topological polar surface area (TPSA) is 29.5 Å². The molecule has 96 valence electrons. The summed E-state index contributed by atoms with van der Waals surface area (Å²) in [5.74, 6) is 0.00877. The molecule has 2 rings (SSSR count). The molecule has 18 heavy (non-hydrogen) atoms. The summed E-state index contributed by atoms with van der Waals surface area (Å²) in [7, 11) is 1.68. The second-order valence-electron chi connectivity index (χ2n) is 4.29. The fraction of sp³-hybridized carbons (Fsp3) is 0.357. The summed E-state index contributed by atoms with van der Waals surface area (Å²) in [5, 5.41) is 0.651. The number of carbonyl (C=O) groups is 1. The Morgan fingerprint density at radius 1 is 1.50 bits per heavy atom. The van der Waals surface area contributed by atoms with Gasteiger partial charge in [-0.25, -0.2) is 0 Å². The van der Waals surface area contributed by atoms with Gasteiger partial charge in [0.05, 0.1) is 6.10 Å². The summed E-state index contributed by atoms with van der Waals surface area (Å²) < 4.78 is 5.23. The fourth-order valence-electron chi connectivity index (χ4n) is 2.00. The van der Waals surface area contributed by atoms with Crippen molar-refractivity contribution < 1.29 is 9.53 Å². The van der Waals surface area contributed by atoms with Gasteiger partial charge < -0.3 is 9.64 Å². The van der Waals surface area contributed by atoms with Gasteiger partial charge in [0.1, 0.15) is 0 Å². The van der Waals surface area contributed by atoms with Crippen LogP contribution in [0, 0.1) is 0 Å². The molecule has 0 N–H and O–H groups in total. The van der Waals surface area contributed by atoms with Crippen molar-refractivity contribution in [2.24, 2.45) is 0 Å².